The first-order chi connectivity index (χ1) is 6.04. The third-order valence-electron chi connectivity index (χ3n) is 1.27. The van der Waals surface area contributed by atoms with E-state index in [0.717, 1.165) is 0 Å². The van der Waals surface area contributed by atoms with Gasteiger partial charge in [-0.25, -0.2) is 0 Å². The van der Waals surface area contributed by atoms with Crippen molar-refractivity contribution in [1.82, 2.24) is 0 Å². The highest BCUT2D eigenvalue weighted by atomic mass is 16.5. The summed E-state index contributed by atoms with van der Waals surface area (Å²) in [5.41, 5.74) is 6.28. The molecule has 0 bridgehead atoms. The van der Waals surface area contributed by atoms with Crippen molar-refractivity contribution in [1.29, 1.82) is 0 Å². The Morgan fingerprint density at radius 3 is 2.77 bits per heavy atom. The van der Waals surface area contributed by atoms with Crippen molar-refractivity contribution in [2.24, 2.45) is 5.11 Å². The number of esters is 1. The standard InChI is InChI=1S/C6H11N3O4/c1-5(11)13-4-6(12,3-10)2-8-9-7/h10,12H,2-4H2,1H3. The molecule has 1 unspecified atom stereocenters. The predicted octanol–water partition coefficient (Wildman–Crippen LogP) is -0.417. The zero-order valence-corrected chi connectivity index (χ0v) is 7.17. The molecule has 7 heteroatoms. The number of hydrogen-bond donors (Lipinski definition) is 2. The lowest BCUT2D eigenvalue weighted by atomic mass is 10.1. The Kier molecular flexibility index (Phi) is 4.83. The molecule has 1 atom stereocenters. The summed E-state index contributed by atoms with van der Waals surface area (Å²) in [4.78, 5) is 12.8. The minimum atomic E-state index is -1.68. The fourth-order valence-corrected chi connectivity index (χ4v) is 0.541. The number of rotatable bonds is 5. The van der Waals surface area contributed by atoms with E-state index in [1.165, 1.54) is 6.92 Å². The molecule has 0 aromatic carbocycles. The maximum atomic E-state index is 10.4. The van der Waals surface area contributed by atoms with Gasteiger partial charge in [-0.2, -0.15) is 0 Å². The fourth-order valence-electron chi connectivity index (χ4n) is 0.541. The van der Waals surface area contributed by atoms with Crippen molar-refractivity contribution in [2.45, 2.75) is 12.5 Å². The van der Waals surface area contributed by atoms with Crippen LogP contribution < -0.4 is 0 Å². The van der Waals surface area contributed by atoms with Crippen molar-refractivity contribution in [3.8, 4) is 0 Å². The first-order valence-electron chi connectivity index (χ1n) is 3.51. The van der Waals surface area contributed by atoms with Crippen LogP contribution in [0.2, 0.25) is 0 Å². The van der Waals surface area contributed by atoms with Gasteiger partial charge in [0.05, 0.1) is 13.2 Å². The number of ether oxygens (including phenoxy) is 1. The number of carbonyl (C=O) groups excluding carboxylic acids is 1. The average Bonchev–Trinajstić information content (AvgIpc) is 2.11. The highest BCUT2D eigenvalue weighted by Gasteiger charge is 2.26. The lowest BCUT2D eigenvalue weighted by Crippen LogP contribution is -2.42. The second-order valence-electron chi connectivity index (χ2n) is 2.55. The minimum Gasteiger partial charge on any atom is -0.463 e. The molecular formula is C6H11N3O4. The van der Waals surface area contributed by atoms with Crippen LogP contribution in [0.1, 0.15) is 6.92 Å². The molecule has 0 saturated heterocycles. The first-order valence-corrected chi connectivity index (χ1v) is 3.51. The summed E-state index contributed by atoms with van der Waals surface area (Å²) in [6.07, 6.45) is 0. The lowest BCUT2D eigenvalue weighted by Gasteiger charge is -2.22. The normalized spacial score (nSPS) is 14.1. The summed E-state index contributed by atoms with van der Waals surface area (Å²) in [5.74, 6) is -0.576. The minimum absolute atomic E-state index is 0.340. The molecular weight excluding hydrogens is 178 g/mol. The van der Waals surface area contributed by atoms with Crippen LogP contribution in [0.15, 0.2) is 5.11 Å². The Morgan fingerprint density at radius 1 is 1.77 bits per heavy atom. The van der Waals surface area contributed by atoms with Gasteiger partial charge in [0, 0.05) is 11.8 Å². The zero-order chi connectivity index (χ0) is 10.3. The molecule has 0 aromatic heterocycles. The fraction of sp³-hybridized carbons (Fsp3) is 0.833. The number of carbonyl (C=O) groups is 1. The summed E-state index contributed by atoms with van der Waals surface area (Å²) in [5, 5.41) is 21.2. The molecule has 0 amide bonds. The molecule has 0 radical (unpaired) electrons. The highest BCUT2D eigenvalue weighted by Crippen LogP contribution is 2.05. The van der Waals surface area contributed by atoms with E-state index >= 15 is 0 Å². The van der Waals surface area contributed by atoms with Crippen LogP contribution in [-0.2, 0) is 9.53 Å². The van der Waals surface area contributed by atoms with E-state index in [0.29, 0.717) is 0 Å². The summed E-state index contributed by atoms with van der Waals surface area (Å²) in [6, 6.07) is 0. The van der Waals surface area contributed by atoms with Gasteiger partial charge in [0.2, 0.25) is 0 Å². The van der Waals surface area contributed by atoms with Crippen LogP contribution in [0.25, 0.3) is 10.4 Å². The smallest absolute Gasteiger partial charge is 0.302 e. The quantitative estimate of drug-likeness (QED) is 0.264. The molecule has 13 heavy (non-hydrogen) atoms. The SMILES string of the molecule is CC(=O)OCC(O)(CO)CN=[N+]=[N-]. The summed E-state index contributed by atoms with van der Waals surface area (Å²) in [6.45, 7) is -0.199. The van der Waals surface area contributed by atoms with E-state index in [1.54, 1.807) is 0 Å². The molecule has 7 nitrogen and oxygen atoms in total. The van der Waals surface area contributed by atoms with Crippen LogP contribution in [-0.4, -0.2) is 41.5 Å². The first kappa shape index (κ1) is 11.7. The highest BCUT2D eigenvalue weighted by molar-refractivity contribution is 5.65. The Balaban J connectivity index is 4.10. The maximum Gasteiger partial charge on any atom is 0.302 e. The third kappa shape index (κ3) is 5.02. The van der Waals surface area contributed by atoms with E-state index in [4.69, 9.17) is 10.6 Å². The van der Waals surface area contributed by atoms with Crippen molar-refractivity contribution >= 4 is 5.97 Å². The summed E-state index contributed by atoms with van der Waals surface area (Å²) >= 11 is 0. The monoisotopic (exact) mass is 189 g/mol. The molecule has 0 aliphatic heterocycles. The van der Waals surface area contributed by atoms with Crippen molar-refractivity contribution in [3.63, 3.8) is 0 Å². The number of azide groups is 1. The number of hydrogen-bond acceptors (Lipinski definition) is 5. The van der Waals surface area contributed by atoms with E-state index in [-0.39, 0.29) is 6.54 Å². The zero-order valence-electron chi connectivity index (χ0n) is 7.17. The van der Waals surface area contributed by atoms with Crippen LogP contribution in [0.4, 0.5) is 0 Å². The van der Waals surface area contributed by atoms with Gasteiger partial charge in [-0.3, -0.25) is 4.79 Å². The van der Waals surface area contributed by atoms with E-state index < -0.39 is 24.8 Å². The van der Waals surface area contributed by atoms with E-state index in [9.17, 15) is 9.90 Å². The molecule has 0 rings (SSSR count). The largest absolute Gasteiger partial charge is 0.463 e. The molecule has 0 saturated carbocycles. The molecule has 0 aliphatic carbocycles. The van der Waals surface area contributed by atoms with Gasteiger partial charge < -0.3 is 14.9 Å². The van der Waals surface area contributed by atoms with E-state index in [2.05, 4.69) is 14.8 Å². The average molecular weight is 189 g/mol. The van der Waals surface area contributed by atoms with Gasteiger partial charge in [-0.1, -0.05) is 5.11 Å². The molecule has 74 valence electrons. The molecule has 0 fully saturated rings. The van der Waals surface area contributed by atoms with Crippen LogP contribution in [0, 0.1) is 0 Å². The third-order valence-corrected chi connectivity index (χ3v) is 1.27. The molecule has 0 heterocycles. The molecule has 0 aliphatic rings. The van der Waals surface area contributed by atoms with Gasteiger partial charge in [-0.05, 0) is 5.53 Å². The molecule has 0 aromatic rings. The van der Waals surface area contributed by atoms with E-state index in [1.807, 2.05) is 0 Å². The van der Waals surface area contributed by atoms with Crippen molar-refractivity contribution < 1.29 is 19.7 Å². The summed E-state index contributed by atoms with van der Waals surface area (Å²) in [7, 11) is 0. The Morgan fingerprint density at radius 2 is 2.38 bits per heavy atom. The van der Waals surface area contributed by atoms with Crippen LogP contribution >= 0.6 is 0 Å². The number of aliphatic hydroxyl groups is 2. The number of aliphatic hydroxyl groups excluding tert-OH is 1. The van der Waals surface area contributed by atoms with Crippen LogP contribution in [0.5, 0.6) is 0 Å². The van der Waals surface area contributed by atoms with Gasteiger partial charge in [0.15, 0.2) is 0 Å². The van der Waals surface area contributed by atoms with Crippen molar-refractivity contribution in [3.05, 3.63) is 10.4 Å². The molecule has 0 spiro atoms. The second-order valence-corrected chi connectivity index (χ2v) is 2.55. The summed E-state index contributed by atoms with van der Waals surface area (Å²) < 4.78 is 4.46. The Hall–Kier alpha value is -1.30. The topological polar surface area (TPSA) is 116 Å². The second kappa shape index (κ2) is 5.36. The lowest BCUT2D eigenvalue weighted by molar-refractivity contribution is -0.150. The molecule has 2 N–H and O–H groups in total. The Labute approximate surface area is 74.6 Å². The van der Waals surface area contributed by atoms with Gasteiger partial charge >= 0.3 is 5.97 Å². The Bertz CT molecular complexity index is 226. The number of nitrogens with zero attached hydrogens (tertiary/aromatic N) is 3. The van der Waals surface area contributed by atoms with Crippen LogP contribution in [0.3, 0.4) is 0 Å². The predicted molar refractivity (Wildman–Crippen MR) is 42.7 cm³/mol. The maximum absolute atomic E-state index is 10.4. The van der Waals surface area contributed by atoms with Gasteiger partial charge in [-0.15, -0.1) is 0 Å². The van der Waals surface area contributed by atoms with Gasteiger partial charge in [0.25, 0.3) is 0 Å². The van der Waals surface area contributed by atoms with Crippen molar-refractivity contribution in [2.75, 3.05) is 19.8 Å². The van der Waals surface area contributed by atoms with Gasteiger partial charge in [0.1, 0.15) is 12.2 Å².